The lowest BCUT2D eigenvalue weighted by Crippen LogP contribution is -1.96. The van der Waals surface area contributed by atoms with Gasteiger partial charge in [-0.2, -0.15) is 13.9 Å². The normalized spacial score (nSPS) is 20.9. The molecule has 1 N–H and O–H groups in total. The molecule has 1 aliphatic rings. The molecule has 0 fully saturated rings. The lowest BCUT2D eigenvalue weighted by Gasteiger charge is -2.11. The van der Waals surface area contributed by atoms with Gasteiger partial charge in [0.25, 0.3) is 0 Å². The van der Waals surface area contributed by atoms with Crippen molar-refractivity contribution in [3.8, 4) is 5.75 Å². The maximum absolute atomic E-state index is 10.4. The fourth-order valence-electron chi connectivity index (χ4n) is 0.898. The van der Waals surface area contributed by atoms with E-state index < -0.39 is 8.45 Å². The van der Waals surface area contributed by atoms with Gasteiger partial charge in [0.1, 0.15) is 20.6 Å². The summed E-state index contributed by atoms with van der Waals surface area (Å²) < 4.78 is 13.6. The van der Waals surface area contributed by atoms with Gasteiger partial charge in [-0.1, -0.05) is 0 Å². The highest BCUT2D eigenvalue weighted by atomic mass is 31.2. The first-order chi connectivity index (χ1) is 7.38. The van der Waals surface area contributed by atoms with Crippen molar-refractivity contribution in [1.82, 2.24) is 4.86 Å². The molecule has 2 rings (SSSR count). The third kappa shape index (κ3) is 3.12. The minimum atomic E-state index is -0.994. The van der Waals surface area contributed by atoms with E-state index in [1.165, 1.54) is 0 Å². The van der Waals surface area contributed by atoms with Gasteiger partial charge >= 0.3 is 8.45 Å². The molecule has 1 aliphatic heterocycles. The van der Waals surface area contributed by atoms with E-state index in [-0.39, 0.29) is 0 Å². The van der Waals surface area contributed by atoms with Gasteiger partial charge in [0.15, 0.2) is 8.52 Å². The Morgan fingerprint density at radius 2 is 2.20 bits per heavy atom. The molecule has 1 aromatic rings. The van der Waals surface area contributed by atoms with Crippen LogP contribution in [-0.2, 0) is 0 Å². The second-order valence-electron chi connectivity index (χ2n) is 2.52. The number of carbonyl (C=O) groups excluding carboxylic acids is 1. The maximum atomic E-state index is 10.4. The molecule has 1 atom stereocenters. The Hall–Kier alpha value is -0.720. The molecule has 0 saturated heterocycles. The molecule has 0 saturated carbocycles. The Morgan fingerprint density at radius 3 is 2.80 bits per heavy atom. The molecule has 0 aliphatic carbocycles. The van der Waals surface area contributed by atoms with Crippen LogP contribution in [-0.4, -0.2) is 6.29 Å². The Bertz CT molecular complexity index is 406. The number of benzene rings is 1. The summed E-state index contributed by atoms with van der Waals surface area (Å²) in [4.78, 5) is 13.4. The lowest BCUT2D eigenvalue weighted by molar-refractivity contribution is 0.112. The Balaban J connectivity index is 2.01. The average molecular weight is 257 g/mol. The van der Waals surface area contributed by atoms with E-state index in [1.54, 1.807) is 24.3 Å². The molecule has 1 aromatic carbocycles. The van der Waals surface area contributed by atoms with Crippen molar-refractivity contribution in [1.29, 1.82) is 0 Å². The van der Waals surface area contributed by atoms with Crippen molar-refractivity contribution in [3.05, 3.63) is 29.8 Å². The predicted molar refractivity (Wildman–Crippen MR) is 61.2 cm³/mol. The van der Waals surface area contributed by atoms with Crippen LogP contribution in [0.4, 0.5) is 0 Å². The van der Waals surface area contributed by atoms with Crippen LogP contribution in [0.5, 0.6) is 5.75 Å². The SMILES string of the molecule is O=Cc1ccc(OP2N=PN=PN2)cc1. The van der Waals surface area contributed by atoms with Crippen LogP contribution in [0, 0.1) is 0 Å². The highest BCUT2D eigenvalue weighted by Crippen LogP contribution is 2.44. The van der Waals surface area contributed by atoms with E-state index in [9.17, 15) is 4.79 Å². The molecule has 0 spiro atoms. The second-order valence-corrected chi connectivity index (χ2v) is 5.86. The number of aldehydes is 1. The topological polar surface area (TPSA) is 63.0 Å². The Labute approximate surface area is 91.1 Å². The summed E-state index contributed by atoms with van der Waals surface area (Å²) in [7, 11) is 0.507. The van der Waals surface area contributed by atoms with Gasteiger partial charge < -0.3 is 4.52 Å². The predicted octanol–water partition coefficient (Wildman–Crippen LogP) is 3.80. The van der Waals surface area contributed by atoms with Crippen LogP contribution < -0.4 is 9.38 Å². The summed E-state index contributed by atoms with van der Waals surface area (Å²) in [5.41, 5.74) is 0.634. The number of rotatable bonds is 3. The van der Waals surface area contributed by atoms with Gasteiger partial charge in [-0.3, -0.25) is 4.79 Å². The zero-order valence-electron chi connectivity index (χ0n) is 7.44. The standard InChI is InChI=1S/C7H6N3O2P3/c11-5-6-1-3-7(4-2-6)12-15-9-13-8-14-10-15/h1-5H,(H,8,9,10). The van der Waals surface area contributed by atoms with E-state index >= 15 is 0 Å². The van der Waals surface area contributed by atoms with E-state index in [1.807, 2.05) is 0 Å². The first-order valence-electron chi connectivity index (χ1n) is 3.98. The third-order valence-electron chi connectivity index (χ3n) is 1.54. The van der Waals surface area contributed by atoms with Crippen LogP contribution in [0.15, 0.2) is 33.3 Å². The minimum Gasteiger partial charge on any atom is -0.439 e. The van der Waals surface area contributed by atoms with E-state index in [2.05, 4.69) is 13.9 Å². The summed E-state index contributed by atoms with van der Waals surface area (Å²) in [5, 5.41) is 0. The Kier molecular flexibility index (Phi) is 3.87. The molecule has 1 unspecified atom stereocenters. The van der Waals surface area contributed by atoms with Gasteiger partial charge in [0, 0.05) is 5.56 Å². The summed E-state index contributed by atoms with van der Waals surface area (Å²) in [5.74, 6) is 0.704. The van der Waals surface area contributed by atoms with Crippen molar-refractivity contribution < 1.29 is 9.32 Å². The maximum Gasteiger partial charge on any atom is 0.311 e. The lowest BCUT2D eigenvalue weighted by atomic mass is 10.2. The van der Waals surface area contributed by atoms with Crippen LogP contribution in [0.1, 0.15) is 10.4 Å². The molecule has 0 aromatic heterocycles. The van der Waals surface area contributed by atoms with Crippen LogP contribution in [0.25, 0.3) is 0 Å². The number of hydrogen-bond donors (Lipinski definition) is 1. The summed E-state index contributed by atoms with van der Waals surface area (Å²) >= 11 is 0. The number of nitrogens with one attached hydrogen (secondary N) is 1. The molecule has 1 heterocycles. The zero-order chi connectivity index (χ0) is 10.5. The van der Waals surface area contributed by atoms with Gasteiger partial charge in [-0.25, -0.2) is 0 Å². The molecule has 15 heavy (non-hydrogen) atoms. The number of nitrogens with zero attached hydrogens (tertiary/aromatic N) is 2. The van der Waals surface area contributed by atoms with Crippen molar-refractivity contribution in [2.45, 2.75) is 0 Å². The van der Waals surface area contributed by atoms with Crippen molar-refractivity contribution in [3.63, 3.8) is 0 Å². The first-order valence-corrected chi connectivity index (χ1v) is 6.84. The fourth-order valence-corrected chi connectivity index (χ4v) is 3.79. The van der Waals surface area contributed by atoms with Gasteiger partial charge in [0.2, 0.25) is 0 Å². The van der Waals surface area contributed by atoms with Crippen molar-refractivity contribution in [2.24, 2.45) is 9.03 Å². The van der Waals surface area contributed by atoms with Crippen LogP contribution in [0.3, 0.4) is 0 Å². The zero-order valence-corrected chi connectivity index (χ0v) is 10.1. The largest absolute Gasteiger partial charge is 0.439 e. The van der Waals surface area contributed by atoms with E-state index in [0.717, 1.165) is 14.8 Å². The second kappa shape index (κ2) is 5.39. The fraction of sp³-hybridized carbons (Fsp3) is 0. The molecule has 0 radical (unpaired) electrons. The highest BCUT2D eigenvalue weighted by Gasteiger charge is 2.10. The quantitative estimate of drug-likeness (QED) is 0.661. The molecular weight excluding hydrogens is 251 g/mol. The first kappa shape index (κ1) is 10.8. The van der Waals surface area contributed by atoms with Gasteiger partial charge in [-0.05, 0) is 24.3 Å². The minimum absolute atomic E-state index is 0.634. The molecule has 5 nitrogen and oxygen atoms in total. The molecular formula is C7H6N3O2P3. The van der Waals surface area contributed by atoms with Gasteiger partial charge in [-0.15, -0.1) is 0 Å². The molecule has 0 amide bonds. The third-order valence-corrected chi connectivity index (χ3v) is 4.62. The highest BCUT2D eigenvalue weighted by molar-refractivity contribution is 7.64. The van der Waals surface area contributed by atoms with Crippen LogP contribution in [0.2, 0.25) is 0 Å². The summed E-state index contributed by atoms with van der Waals surface area (Å²) in [6, 6.07) is 6.93. The molecule has 76 valence electrons. The van der Waals surface area contributed by atoms with Gasteiger partial charge in [0.05, 0.1) is 0 Å². The van der Waals surface area contributed by atoms with Crippen molar-refractivity contribution in [2.75, 3.05) is 0 Å². The van der Waals surface area contributed by atoms with E-state index in [4.69, 9.17) is 4.52 Å². The number of carbonyl (C=O) groups is 1. The molecule has 8 heteroatoms. The summed E-state index contributed by atoms with van der Waals surface area (Å²) in [6.45, 7) is 0. The van der Waals surface area contributed by atoms with Crippen LogP contribution >= 0.6 is 25.5 Å². The average Bonchev–Trinajstić information content (AvgIpc) is 2.31. The van der Waals surface area contributed by atoms with E-state index in [0.29, 0.717) is 19.8 Å². The molecule has 0 bridgehead atoms. The summed E-state index contributed by atoms with van der Waals surface area (Å²) in [6.07, 6.45) is 0.800. The van der Waals surface area contributed by atoms with Crippen molar-refractivity contribution >= 4 is 31.8 Å². The Morgan fingerprint density at radius 1 is 1.40 bits per heavy atom. The number of hydrogen-bond acceptors (Lipinski definition) is 5. The monoisotopic (exact) mass is 257 g/mol. The smallest absolute Gasteiger partial charge is 0.311 e.